The van der Waals surface area contributed by atoms with Crippen molar-refractivity contribution < 1.29 is 14.3 Å². The van der Waals surface area contributed by atoms with Gasteiger partial charge in [-0.3, -0.25) is 0 Å². The first-order valence-electron chi connectivity index (χ1n) is 10.8. The van der Waals surface area contributed by atoms with Crippen LogP contribution in [0.5, 0.6) is 17.4 Å². The maximum atomic E-state index is 13.0. The Morgan fingerprint density at radius 3 is 2.25 bits per heavy atom. The van der Waals surface area contributed by atoms with Crippen molar-refractivity contribution in [3.8, 4) is 28.6 Å². The third-order valence-electron chi connectivity index (χ3n) is 5.04. The Kier molecular flexibility index (Phi) is 7.41. The Hall–Kier alpha value is -3.48. The number of rotatable bonds is 8. The molecule has 3 rings (SSSR count). The van der Waals surface area contributed by atoms with E-state index < -0.39 is 0 Å². The van der Waals surface area contributed by atoms with Crippen LogP contribution in [0.4, 0.5) is 4.79 Å². The summed E-state index contributed by atoms with van der Waals surface area (Å²) in [6.45, 7) is 8.25. The van der Waals surface area contributed by atoms with Crippen molar-refractivity contribution in [2.24, 2.45) is 7.05 Å². The molecule has 0 radical (unpaired) electrons. The number of para-hydroxylation sites is 2. The molecular weight excluding hydrogens is 404 g/mol. The third-order valence-corrected chi connectivity index (χ3v) is 5.04. The van der Waals surface area contributed by atoms with Crippen molar-refractivity contribution in [1.82, 2.24) is 20.0 Å². The van der Waals surface area contributed by atoms with Crippen molar-refractivity contribution in [3.63, 3.8) is 0 Å². The van der Waals surface area contributed by atoms with Crippen LogP contribution in [0.15, 0.2) is 54.6 Å². The minimum atomic E-state index is -0.124. The second-order valence-electron chi connectivity index (χ2n) is 8.20. The number of carbonyl (C=O) groups excluding carboxylic acids is 1. The van der Waals surface area contributed by atoms with Crippen LogP contribution in [0.3, 0.4) is 0 Å². The number of aryl methyl sites for hydroxylation is 1. The average molecular weight is 437 g/mol. The Morgan fingerprint density at radius 1 is 1.03 bits per heavy atom. The molecule has 0 fully saturated rings. The van der Waals surface area contributed by atoms with E-state index in [2.05, 4.69) is 5.32 Å². The molecule has 3 aromatic rings. The Bertz CT molecular complexity index is 1040. The van der Waals surface area contributed by atoms with E-state index in [1.54, 1.807) is 16.7 Å². The summed E-state index contributed by atoms with van der Waals surface area (Å²) in [6.07, 6.45) is 0. The SMILES string of the molecule is COc1ccccc1Oc1c(CN(C(=O)NC(C)C)C(C)C)c(-c2ccccc2)nn1C. The fourth-order valence-electron chi connectivity index (χ4n) is 3.45. The van der Waals surface area contributed by atoms with E-state index in [0.29, 0.717) is 23.9 Å². The highest BCUT2D eigenvalue weighted by molar-refractivity contribution is 5.75. The predicted molar refractivity (Wildman–Crippen MR) is 126 cm³/mol. The van der Waals surface area contributed by atoms with Crippen molar-refractivity contribution in [2.75, 3.05) is 7.11 Å². The summed E-state index contributed by atoms with van der Waals surface area (Å²) >= 11 is 0. The molecule has 0 atom stereocenters. The zero-order chi connectivity index (χ0) is 23.3. The summed E-state index contributed by atoms with van der Waals surface area (Å²) in [5, 5.41) is 7.75. The Balaban J connectivity index is 2.09. The van der Waals surface area contributed by atoms with Crippen LogP contribution in [0.1, 0.15) is 33.3 Å². The monoisotopic (exact) mass is 436 g/mol. The first-order valence-corrected chi connectivity index (χ1v) is 10.8. The fraction of sp³-hybridized carbons (Fsp3) is 0.360. The van der Waals surface area contributed by atoms with E-state index in [1.165, 1.54) is 0 Å². The number of hydrogen-bond acceptors (Lipinski definition) is 4. The van der Waals surface area contributed by atoms with Gasteiger partial charge in [0.15, 0.2) is 11.5 Å². The van der Waals surface area contributed by atoms with E-state index >= 15 is 0 Å². The second kappa shape index (κ2) is 10.2. The second-order valence-corrected chi connectivity index (χ2v) is 8.20. The first-order chi connectivity index (χ1) is 15.3. The lowest BCUT2D eigenvalue weighted by atomic mass is 10.1. The van der Waals surface area contributed by atoms with Gasteiger partial charge in [0.2, 0.25) is 5.88 Å². The maximum Gasteiger partial charge on any atom is 0.318 e. The zero-order valence-corrected chi connectivity index (χ0v) is 19.6. The summed E-state index contributed by atoms with van der Waals surface area (Å²) in [5.74, 6) is 1.78. The minimum Gasteiger partial charge on any atom is -0.493 e. The number of ether oxygens (including phenoxy) is 2. The van der Waals surface area contributed by atoms with Crippen molar-refractivity contribution in [2.45, 2.75) is 46.3 Å². The molecule has 0 bridgehead atoms. The van der Waals surface area contributed by atoms with Gasteiger partial charge in [-0.25, -0.2) is 9.48 Å². The minimum absolute atomic E-state index is 0.0170. The molecule has 0 saturated heterocycles. The molecule has 0 saturated carbocycles. The topological polar surface area (TPSA) is 68.6 Å². The molecule has 1 aromatic heterocycles. The van der Waals surface area contributed by atoms with Gasteiger partial charge in [0.25, 0.3) is 0 Å². The van der Waals surface area contributed by atoms with Gasteiger partial charge in [0.05, 0.1) is 19.2 Å². The lowest BCUT2D eigenvalue weighted by Crippen LogP contribution is -2.45. The summed E-state index contributed by atoms with van der Waals surface area (Å²) in [6, 6.07) is 17.3. The van der Waals surface area contributed by atoms with Gasteiger partial charge in [0, 0.05) is 24.7 Å². The van der Waals surface area contributed by atoms with Gasteiger partial charge >= 0.3 is 6.03 Å². The molecule has 1 N–H and O–H groups in total. The molecule has 0 aliphatic carbocycles. The number of aromatic nitrogens is 2. The average Bonchev–Trinajstić information content (AvgIpc) is 3.07. The highest BCUT2D eigenvalue weighted by Gasteiger charge is 2.26. The first kappa shape index (κ1) is 23.2. The quantitative estimate of drug-likeness (QED) is 0.526. The number of urea groups is 1. The Labute approximate surface area is 190 Å². The molecule has 0 aliphatic rings. The van der Waals surface area contributed by atoms with E-state index in [9.17, 15) is 4.79 Å². The number of methoxy groups -OCH3 is 1. The highest BCUT2D eigenvalue weighted by Crippen LogP contribution is 2.37. The number of amides is 2. The molecule has 0 unspecified atom stereocenters. The number of carbonyl (C=O) groups is 1. The number of nitrogens with one attached hydrogen (secondary N) is 1. The molecule has 2 aromatic carbocycles. The molecule has 1 heterocycles. The fourth-order valence-corrected chi connectivity index (χ4v) is 3.45. The normalized spacial score (nSPS) is 11.0. The number of nitrogens with zero attached hydrogens (tertiary/aromatic N) is 3. The van der Waals surface area contributed by atoms with Crippen LogP contribution in [0, 0.1) is 0 Å². The Morgan fingerprint density at radius 2 is 1.66 bits per heavy atom. The number of hydrogen-bond donors (Lipinski definition) is 1. The van der Waals surface area contributed by atoms with Gasteiger partial charge in [-0.05, 0) is 39.8 Å². The van der Waals surface area contributed by atoms with Crippen LogP contribution < -0.4 is 14.8 Å². The summed E-state index contributed by atoms with van der Waals surface area (Å²) in [4.78, 5) is 14.7. The van der Waals surface area contributed by atoms with Gasteiger partial charge in [0.1, 0.15) is 5.69 Å². The van der Waals surface area contributed by atoms with Gasteiger partial charge in [-0.15, -0.1) is 0 Å². The van der Waals surface area contributed by atoms with Gasteiger partial charge < -0.3 is 19.7 Å². The van der Waals surface area contributed by atoms with Gasteiger partial charge in [-0.2, -0.15) is 5.10 Å². The van der Waals surface area contributed by atoms with Crippen LogP contribution in [-0.4, -0.2) is 39.9 Å². The van der Waals surface area contributed by atoms with Crippen LogP contribution >= 0.6 is 0 Å². The molecular formula is C25H32N4O3. The van der Waals surface area contributed by atoms with Crippen LogP contribution in [0.25, 0.3) is 11.3 Å². The van der Waals surface area contributed by atoms with E-state index in [1.807, 2.05) is 89.3 Å². The lowest BCUT2D eigenvalue weighted by molar-refractivity contribution is 0.176. The molecule has 32 heavy (non-hydrogen) atoms. The summed E-state index contributed by atoms with van der Waals surface area (Å²) < 4.78 is 13.5. The molecule has 2 amide bonds. The smallest absolute Gasteiger partial charge is 0.318 e. The van der Waals surface area contributed by atoms with Crippen molar-refractivity contribution in [1.29, 1.82) is 0 Å². The highest BCUT2D eigenvalue weighted by atomic mass is 16.5. The van der Waals surface area contributed by atoms with Crippen LogP contribution in [0.2, 0.25) is 0 Å². The van der Waals surface area contributed by atoms with E-state index in [0.717, 1.165) is 16.8 Å². The lowest BCUT2D eigenvalue weighted by Gasteiger charge is -2.28. The number of benzene rings is 2. The standard InChI is InChI=1S/C25H32N4O3/c1-17(2)26-25(30)29(18(3)4)16-20-23(19-12-8-7-9-13-19)27-28(5)24(20)32-22-15-11-10-14-21(22)31-6/h7-15,17-18H,16H2,1-6H3,(H,26,30). The molecule has 0 spiro atoms. The van der Waals surface area contributed by atoms with E-state index in [4.69, 9.17) is 14.6 Å². The van der Waals surface area contributed by atoms with Crippen LogP contribution in [-0.2, 0) is 13.6 Å². The zero-order valence-electron chi connectivity index (χ0n) is 19.6. The third kappa shape index (κ3) is 5.22. The van der Waals surface area contributed by atoms with Crippen molar-refractivity contribution >= 4 is 6.03 Å². The summed E-state index contributed by atoms with van der Waals surface area (Å²) in [5.41, 5.74) is 2.57. The molecule has 170 valence electrons. The van der Waals surface area contributed by atoms with Gasteiger partial charge in [-0.1, -0.05) is 42.5 Å². The summed E-state index contributed by atoms with van der Waals surface area (Å²) in [7, 11) is 3.45. The predicted octanol–water partition coefficient (Wildman–Crippen LogP) is 5.22. The largest absolute Gasteiger partial charge is 0.493 e. The molecule has 0 aliphatic heterocycles. The van der Waals surface area contributed by atoms with E-state index in [-0.39, 0.29) is 18.1 Å². The molecule has 7 nitrogen and oxygen atoms in total. The molecule has 7 heteroatoms. The van der Waals surface area contributed by atoms with Crippen molar-refractivity contribution in [3.05, 3.63) is 60.2 Å². The maximum absolute atomic E-state index is 13.0.